The highest BCUT2D eigenvalue weighted by molar-refractivity contribution is 5.95. The molecule has 2 heterocycles. The number of carbonyl (C=O) groups excluding carboxylic acids is 1. The van der Waals surface area contributed by atoms with Crippen LogP contribution in [0.3, 0.4) is 0 Å². The summed E-state index contributed by atoms with van der Waals surface area (Å²) < 4.78 is 11.2. The van der Waals surface area contributed by atoms with Gasteiger partial charge in [0.1, 0.15) is 11.3 Å². The molecule has 0 amide bonds. The molecule has 1 aromatic carbocycles. The summed E-state index contributed by atoms with van der Waals surface area (Å²) in [7, 11) is 0. The number of amidine groups is 1. The van der Waals surface area contributed by atoms with E-state index >= 15 is 0 Å². The lowest BCUT2D eigenvalue weighted by Crippen LogP contribution is -2.34. The predicted molar refractivity (Wildman–Crippen MR) is 107 cm³/mol. The van der Waals surface area contributed by atoms with Gasteiger partial charge in [-0.2, -0.15) is 0 Å². The van der Waals surface area contributed by atoms with Crippen LogP contribution in [0.1, 0.15) is 60.4 Å². The van der Waals surface area contributed by atoms with Gasteiger partial charge in [0.2, 0.25) is 5.60 Å². The SMILES string of the molecule is CC(C)(O)c1cc(C2(C=O)CN=C(Nc3c4c(cc5c3CCC5)CCC4)O2)no1. The van der Waals surface area contributed by atoms with Crippen LogP contribution in [0.5, 0.6) is 0 Å². The van der Waals surface area contributed by atoms with Crippen molar-refractivity contribution in [3.63, 3.8) is 0 Å². The Kier molecular flexibility index (Phi) is 4.07. The number of carbonyl (C=O) groups is 1. The van der Waals surface area contributed by atoms with Gasteiger partial charge >= 0.3 is 0 Å². The van der Waals surface area contributed by atoms with E-state index in [1.165, 1.54) is 22.3 Å². The number of nitrogens with one attached hydrogen (secondary N) is 1. The Balaban J connectivity index is 1.43. The Morgan fingerprint density at radius 3 is 2.41 bits per heavy atom. The minimum absolute atomic E-state index is 0.119. The van der Waals surface area contributed by atoms with E-state index < -0.39 is 11.2 Å². The molecule has 1 atom stereocenters. The second kappa shape index (κ2) is 6.42. The van der Waals surface area contributed by atoms with E-state index in [1.54, 1.807) is 19.9 Å². The number of hydrogen-bond acceptors (Lipinski definition) is 7. The normalized spacial score (nSPS) is 22.8. The van der Waals surface area contributed by atoms with Gasteiger partial charge in [-0.05, 0) is 74.6 Å². The Bertz CT molecular complexity index is 986. The maximum atomic E-state index is 12.0. The third kappa shape index (κ3) is 2.95. The quantitative estimate of drug-likeness (QED) is 0.773. The van der Waals surface area contributed by atoms with E-state index in [2.05, 4.69) is 21.5 Å². The summed E-state index contributed by atoms with van der Waals surface area (Å²) in [6, 6.07) is 4.26. The van der Waals surface area contributed by atoms with Crippen molar-refractivity contribution in [1.82, 2.24) is 5.16 Å². The van der Waals surface area contributed by atoms with Gasteiger partial charge in [0, 0.05) is 11.8 Å². The van der Waals surface area contributed by atoms with E-state index in [1.807, 2.05) is 0 Å². The summed E-state index contributed by atoms with van der Waals surface area (Å²) >= 11 is 0. The van der Waals surface area contributed by atoms with Crippen molar-refractivity contribution < 1.29 is 19.2 Å². The number of hydrogen-bond donors (Lipinski definition) is 2. The third-order valence-corrected chi connectivity index (χ3v) is 6.18. The predicted octanol–water partition coefficient (Wildman–Crippen LogP) is 2.77. The van der Waals surface area contributed by atoms with Crippen molar-refractivity contribution in [2.24, 2.45) is 4.99 Å². The average molecular weight is 395 g/mol. The molecule has 5 rings (SSSR count). The summed E-state index contributed by atoms with van der Waals surface area (Å²) in [6.45, 7) is 3.31. The number of aliphatic hydroxyl groups is 1. The molecule has 0 spiro atoms. The van der Waals surface area contributed by atoms with Crippen molar-refractivity contribution in [2.45, 2.75) is 63.6 Å². The monoisotopic (exact) mass is 395 g/mol. The zero-order valence-electron chi connectivity index (χ0n) is 16.7. The minimum atomic E-state index is -1.34. The van der Waals surface area contributed by atoms with Crippen molar-refractivity contribution in [1.29, 1.82) is 0 Å². The highest BCUT2D eigenvalue weighted by Crippen LogP contribution is 2.39. The van der Waals surface area contributed by atoms with E-state index in [0.29, 0.717) is 18.0 Å². The summed E-state index contributed by atoms with van der Waals surface area (Å²) in [4.78, 5) is 16.5. The Morgan fingerprint density at radius 2 is 1.83 bits per heavy atom. The van der Waals surface area contributed by atoms with Gasteiger partial charge in [0.25, 0.3) is 6.02 Å². The van der Waals surface area contributed by atoms with Crippen molar-refractivity contribution in [3.05, 3.63) is 45.8 Å². The Labute approximate surface area is 169 Å². The Morgan fingerprint density at radius 1 is 1.14 bits per heavy atom. The van der Waals surface area contributed by atoms with Gasteiger partial charge < -0.3 is 19.7 Å². The molecule has 0 fully saturated rings. The van der Waals surface area contributed by atoms with Gasteiger partial charge in [-0.15, -0.1) is 0 Å². The Hall–Kier alpha value is -2.67. The van der Waals surface area contributed by atoms with Gasteiger partial charge in [0.05, 0.1) is 6.54 Å². The summed E-state index contributed by atoms with van der Waals surface area (Å²) in [6.07, 6.45) is 7.36. The van der Waals surface area contributed by atoms with Crippen LogP contribution < -0.4 is 5.32 Å². The van der Waals surface area contributed by atoms with Crippen molar-refractivity contribution >= 4 is 18.0 Å². The van der Waals surface area contributed by atoms with E-state index in [9.17, 15) is 9.90 Å². The molecule has 0 radical (unpaired) electrons. The number of aryl methyl sites for hydroxylation is 2. The molecule has 1 aromatic heterocycles. The largest absolute Gasteiger partial charge is 0.442 e. The van der Waals surface area contributed by atoms with Crippen molar-refractivity contribution in [3.8, 4) is 0 Å². The zero-order valence-corrected chi connectivity index (χ0v) is 16.7. The van der Waals surface area contributed by atoms with Crippen LogP contribution in [-0.4, -0.2) is 29.1 Å². The number of anilines is 1. The molecule has 7 heteroatoms. The van der Waals surface area contributed by atoms with Crippen LogP contribution in [0.15, 0.2) is 21.6 Å². The average Bonchev–Trinajstić information content (AvgIpc) is 3.45. The van der Waals surface area contributed by atoms with Gasteiger partial charge in [0.15, 0.2) is 12.0 Å². The maximum absolute atomic E-state index is 12.0. The first-order valence-corrected chi connectivity index (χ1v) is 10.2. The molecule has 0 bridgehead atoms. The van der Waals surface area contributed by atoms with Gasteiger partial charge in [-0.25, -0.2) is 4.99 Å². The minimum Gasteiger partial charge on any atom is -0.442 e. The molecule has 0 saturated heterocycles. The summed E-state index contributed by atoms with van der Waals surface area (Å²) in [5.41, 5.74) is 4.44. The van der Waals surface area contributed by atoms with Crippen LogP contribution in [0, 0.1) is 0 Å². The fourth-order valence-corrected chi connectivity index (χ4v) is 4.58. The molecule has 2 aliphatic carbocycles. The smallest absolute Gasteiger partial charge is 0.290 e. The number of rotatable bonds is 4. The molecule has 29 heavy (non-hydrogen) atoms. The fourth-order valence-electron chi connectivity index (χ4n) is 4.58. The fraction of sp³-hybridized carbons (Fsp3) is 0.500. The van der Waals surface area contributed by atoms with E-state index in [0.717, 1.165) is 44.2 Å². The zero-order chi connectivity index (χ0) is 20.2. The molecule has 0 saturated carbocycles. The number of aldehydes is 1. The number of ether oxygens (including phenoxy) is 1. The molecule has 2 aromatic rings. The number of aromatic nitrogens is 1. The summed E-state index contributed by atoms with van der Waals surface area (Å²) in [5, 5.41) is 17.5. The summed E-state index contributed by atoms with van der Waals surface area (Å²) in [5.74, 6) is 0.275. The van der Waals surface area contributed by atoms with Crippen molar-refractivity contribution in [2.75, 3.05) is 11.9 Å². The van der Waals surface area contributed by atoms with Gasteiger partial charge in [-0.1, -0.05) is 11.2 Å². The molecular weight excluding hydrogens is 370 g/mol. The molecule has 3 aliphatic rings. The lowest BCUT2D eigenvalue weighted by Gasteiger charge is -2.21. The van der Waals surface area contributed by atoms with E-state index in [4.69, 9.17) is 9.26 Å². The first-order valence-electron chi connectivity index (χ1n) is 10.2. The van der Waals surface area contributed by atoms with Crippen LogP contribution in [0.4, 0.5) is 5.69 Å². The van der Waals surface area contributed by atoms with Crippen LogP contribution in [0.25, 0.3) is 0 Å². The molecular formula is C22H25N3O4. The van der Waals surface area contributed by atoms with Gasteiger partial charge in [-0.3, -0.25) is 4.79 Å². The number of fused-ring (bicyclic) bond motifs is 2. The number of nitrogens with zero attached hydrogens (tertiary/aromatic N) is 2. The van der Waals surface area contributed by atoms with Crippen LogP contribution >= 0.6 is 0 Å². The van der Waals surface area contributed by atoms with E-state index in [-0.39, 0.29) is 12.3 Å². The molecule has 152 valence electrons. The molecule has 2 N–H and O–H groups in total. The molecule has 7 nitrogen and oxygen atoms in total. The second-order valence-electron chi connectivity index (χ2n) is 8.73. The molecule has 1 unspecified atom stereocenters. The first-order chi connectivity index (χ1) is 13.9. The number of benzene rings is 1. The standard InChI is InChI=1S/C22H25N3O4/c1-21(2,27)18-10-17(25-29-18)22(12-26)11-23-20(28-22)24-19-15-7-3-5-13(15)9-14-6-4-8-16(14)19/h9-10,12,27H,3-8,11H2,1-2H3,(H,23,24). The second-order valence-corrected chi connectivity index (χ2v) is 8.73. The number of aliphatic imine (C=N–C) groups is 1. The van der Waals surface area contributed by atoms with Crippen LogP contribution in [0.2, 0.25) is 0 Å². The maximum Gasteiger partial charge on any atom is 0.290 e. The topological polar surface area (TPSA) is 97.0 Å². The third-order valence-electron chi connectivity index (χ3n) is 6.18. The van der Waals surface area contributed by atoms with Crippen LogP contribution in [-0.2, 0) is 46.4 Å². The highest BCUT2D eigenvalue weighted by atomic mass is 16.5. The lowest BCUT2D eigenvalue weighted by atomic mass is 9.99. The first kappa shape index (κ1) is 18.4. The molecule has 1 aliphatic heterocycles. The highest BCUT2D eigenvalue weighted by Gasteiger charge is 2.44. The lowest BCUT2D eigenvalue weighted by molar-refractivity contribution is -0.121.